The van der Waals surface area contributed by atoms with Crippen LogP contribution in [-0.2, 0) is 19.1 Å². The first-order valence-electron chi connectivity index (χ1n) is 9.44. The molecule has 3 heterocycles. The van der Waals surface area contributed by atoms with Crippen LogP contribution in [0.4, 0.5) is 19.1 Å². The number of aromatic nitrogens is 5. The van der Waals surface area contributed by atoms with E-state index in [4.69, 9.17) is 0 Å². The number of hydrogen-bond acceptors (Lipinski definition) is 6. The van der Waals surface area contributed by atoms with Crippen LogP contribution in [0.5, 0.6) is 0 Å². The van der Waals surface area contributed by atoms with Gasteiger partial charge in [-0.2, -0.15) is 18.3 Å². The molecule has 1 aliphatic heterocycles. The lowest BCUT2D eigenvalue weighted by molar-refractivity contribution is -0.141. The van der Waals surface area contributed by atoms with E-state index in [0.29, 0.717) is 32.1 Å². The number of hydrogen-bond donors (Lipinski definition) is 3. The molecule has 0 fully saturated rings. The lowest BCUT2D eigenvalue weighted by atomic mass is 10.1. The van der Waals surface area contributed by atoms with Gasteiger partial charge in [0.25, 0.3) is 0 Å². The predicted octanol–water partition coefficient (Wildman–Crippen LogP) is 2.00. The Bertz CT molecular complexity index is 853. The van der Waals surface area contributed by atoms with E-state index in [1.807, 2.05) is 18.5 Å². The fraction of sp³-hybridized carbons (Fsp3) is 0.588. The van der Waals surface area contributed by atoms with E-state index in [1.165, 1.54) is 0 Å². The molecule has 166 valence electrons. The van der Waals surface area contributed by atoms with Gasteiger partial charge in [0.2, 0.25) is 5.95 Å². The van der Waals surface area contributed by atoms with Gasteiger partial charge < -0.3 is 16.0 Å². The van der Waals surface area contributed by atoms with Crippen LogP contribution in [0.25, 0.3) is 0 Å². The van der Waals surface area contributed by atoms with Gasteiger partial charge in [-0.1, -0.05) is 0 Å². The summed E-state index contributed by atoms with van der Waals surface area (Å²) >= 11 is 0. The van der Waals surface area contributed by atoms with Crippen LogP contribution in [0.3, 0.4) is 0 Å². The van der Waals surface area contributed by atoms with Gasteiger partial charge in [-0.3, -0.25) is 4.99 Å². The summed E-state index contributed by atoms with van der Waals surface area (Å²) in [7, 11) is 0. The number of guanidine groups is 1. The van der Waals surface area contributed by atoms with Gasteiger partial charge in [-0.25, -0.2) is 19.6 Å². The van der Waals surface area contributed by atoms with Crippen molar-refractivity contribution >= 4 is 35.9 Å². The number of fused-ring (bicyclic) bond motifs is 1. The second-order valence-corrected chi connectivity index (χ2v) is 6.59. The molecule has 0 aliphatic carbocycles. The van der Waals surface area contributed by atoms with E-state index in [9.17, 15) is 13.2 Å². The van der Waals surface area contributed by atoms with Crippen molar-refractivity contribution in [1.82, 2.24) is 35.4 Å². The molecular weight excluding hydrogens is 514 g/mol. The van der Waals surface area contributed by atoms with Crippen LogP contribution in [-0.4, -0.2) is 56.4 Å². The van der Waals surface area contributed by atoms with Gasteiger partial charge >= 0.3 is 6.18 Å². The SMILES string of the molecule is CCNC(=NCCNc1nccc(C(F)(F)F)n1)NC1CCc2nc(C)nn2C1.I. The summed E-state index contributed by atoms with van der Waals surface area (Å²) in [6.07, 6.45) is -1.66. The monoisotopic (exact) mass is 539 g/mol. The zero-order chi connectivity index (χ0) is 20.9. The molecule has 0 bridgehead atoms. The zero-order valence-corrected chi connectivity index (χ0v) is 19.0. The zero-order valence-electron chi connectivity index (χ0n) is 16.7. The summed E-state index contributed by atoms with van der Waals surface area (Å²) in [5, 5.41) is 13.7. The lowest BCUT2D eigenvalue weighted by Crippen LogP contribution is -2.47. The third kappa shape index (κ3) is 6.67. The van der Waals surface area contributed by atoms with E-state index in [0.717, 1.165) is 36.8 Å². The lowest BCUT2D eigenvalue weighted by Gasteiger charge is -2.25. The van der Waals surface area contributed by atoms with Crippen molar-refractivity contribution in [3.8, 4) is 0 Å². The topological polar surface area (TPSA) is 105 Å². The Labute approximate surface area is 189 Å². The van der Waals surface area contributed by atoms with Crippen LogP contribution in [0, 0.1) is 6.92 Å². The molecule has 30 heavy (non-hydrogen) atoms. The highest BCUT2D eigenvalue weighted by Gasteiger charge is 2.32. The molecule has 3 rings (SSSR count). The average molecular weight is 539 g/mol. The van der Waals surface area contributed by atoms with Gasteiger partial charge in [-0.05, 0) is 26.3 Å². The van der Waals surface area contributed by atoms with Crippen LogP contribution in [0.15, 0.2) is 17.3 Å². The minimum atomic E-state index is -4.50. The smallest absolute Gasteiger partial charge is 0.357 e. The molecule has 1 atom stereocenters. The summed E-state index contributed by atoms with van der Waals surface area (Å²) in [5.74, 6) is 2.33. The summed E-state index contributed by atoms with van der Waals surface area (Å²) in [5.41, 5.74) is -0.978. The Morgan fingerprint density at radius 1 is 1.33 bits per heavy atom. The number of aryl methyl sites for hydroxylation is 2. The van der Waals surface area contributed by atoms with Crippen molar-refractivity contribution in [2.45, 2.75) is 45.5 Å². The van der Waals surface area contributed by atoms with Crippen molar-refractivity contribution in [1.29, 1.82) is 0 Å². The minimum absolute atomic E-state index is 0. The van der Waals surface area contributed by atoms with E-state index in [1.54, 1.807) is 0 Å². The van der Waals surface area contributed by atoms with Gasteiger partial charge in [0.05, 0.1) is 13.1 Å². The van der Waals surface area contributed by atoms with Crippen molar-refractivity contribution in [3.05, 3.63) is 29.6 Å². The van der Waals surface area contributed by atoms with E-state index in [2.05, 4.69) is 41.0 Å². The van der Waals surface area contributed by atoms with Gasteiger partial charge in [-0.15, -0.1) is 24.0 Å². The number of anilines is 1. The molecular formula is C17H25F3IN9. The Balaban J connectivity index is 0.00000320. The number of alkyl halides is 3. The molecule has 0 saturated heterocycles. The van der Waals surface area contributed by atoms with Gasteiger partial charge in [0, 0.05) is 31.7 Å². The molecule has 2 aromatic heterocycles. The highest BCUT2D eigenvalue weighted by atomic mass is 127. The number of nitrogens with zero attached hydrogens (tertiary/aromatic N) is 6. The molecule has 0 spiro atoms. The second-order valence-electron chi connectivity index (χ2n) is 6.59. The summed E-state index contributed by atoms with van der Waals surface area (Å²) in [6, 6.07) is 1.00. The van der Waals surface area contributed by atoms with Gasteiger partial charge in [0.15, 0.2) is 5.96 Å². The van der Waals surface area contributed by atoms with Crippen molar-refractivity contribution < 1.29 is 13.2 Å². The van der Waals surface area contributed by atoms with E-state index in [-0.39, 0.29) is 36.0 Å². The quantitative estimate of drug-likeness (QED) is 0.223. The standard InChI is InChI=1S/C17H24F3N9.HI/c1-3-21-15(26-12-4-5-14-25-11(2)28-29(14)10-12)23-8-9-24-16-22-7-6-13(27-16)17(18,19)20;/h6-7,12H,3-5,8-10H2,1-2H3,(H2,21,23,26)(H,22,24,27);1H. The van der Waals surface area contributed by atoms with Crippen molar-refractivity contribution in [3.63, 3.8) is 0 Å². The van der Waals surface area contributed by atoms with Crippen molar-refractivity contribution in [2.24, 2.45) is 4.99 Å². The van der Waals surface area contributed by atoms with E-state index >= 15 is 0 Å². The molecule has 1 unspecified atom stereocenters. The molecule has 1 aliphatic rings. The maximum Gasteiger partial charge on any atom is 0.433 e. The first-order valence-corrected chi connectivity index (χ1v) is 9.44. The number of nitrogens with one attached hydrogen (secondary N) is 3. The maximum absolute atomic E-state index is 12.7. The van der Waals surface area contributed by atoms with Crippen LogP contribution in [0.1, 0.15) is 30.7 Å². The fourth-order valence-corrected chi connectivity index (χ4v) is 3.00. The molecule has 0 aromatic carbocycles. The number of aliphatic imine (C=N–C) groups is 1. The molecule has 0 radical (unpaired) electrons. The van der Waals surface area contributed by atoms with E-state index < -0.39 is 11.9 Å². The molecule has 9 nitrogen and oxygen atoms in total. The largest absolute Gasteiger partial charge is 0.433 e. The second kappa shape index (κ2) is 10.7. The van der Waals surface area contributed by atoms with Crippen LogP contribution >= 0.6 is 24.0 Å². The highest BCUT2D eigenvalue weighted by Crippen LogP contribution is 2.27. The van der Waals surface area contributed by atoms with Gasteiger partial charge in [0.1, 0.15) is 17.3 Å². The number of rotatable bonds is 6. The normalized spacial score (nSPS) is 16.4. The summed E-state index contributed by atoms with van der Waals surface area (Å²) in [6.45, 7) is 5.88. The first kappa shape index (κ1) is 24.1. The van der Waals surface area contributed by atoms with Crippen molar-refractivity contribution in [2.75, 3.05) is 25.0 Å². The highest BCUT2D eigenvalue weighted by molar-refractivity contribution is 14.0. The average Bonchev–Trinajstić information content (AvgIpc) is 3.04. The molecule has 3 N–H and O–H groups in total. The molecule has 0 amide bonds. The fourth-order valence-electron chi connectivity index (χ4n) is 3.00. The van der Waals surface area contributed by atoms with Crippen LogP contribution < -0.4 is 16.0 Å². The Kier molecular flexibility index (Phi) is 8.61. The first-order chi connectivity index (χ1) is 13.8. The Hall–Kier alpha value is -2.19. The molecule has 13 heteroatoms. The third-order valence-electron chi connectivity index (χ3n) is 4.26. The summed E-state index contributed by atoms with van der Waals surface area (Å²) < 4.78 is 40.0. The summed E-state index contributed by atoms with van der Waals surface area (Å²) in [4.78, 5) is 16.1. The molecule has 0 saturated carbocycles. The predicted molar refractivity (Wildman–Crippen MR) is 117 cm³/mol. The Morgan fingerprint density at radius 3 is 2.87 bits per heavy atom. The third-order valence-corrected chi connectivity index (χ3v) is 4.26. The number of halogens is 4. The maximum atomic E-state index is 12.7. The minimum Gasteiger partial charge on any atom is -0.357 e. The Morgan fingerprint density at radius 2 is 2.13 bits per heavy atom. The van der Waals surface area contributed by atoms with Crippen LogP contribution in [0.2, 0.25) is 0 Å². The molecule has 2 aromatic rings.